The molecule has 0 fully saturated rings. The predicted molar refractivity (Wildman–Crippen MR) is 157 cm³/mol. The highest BCUT2D eigenvalue weighted by atomic mass is 16.5. The summed E-state index contributed by atoms with van der Waals surface area (Å²) in [6.07, 6.45) is 1.57. The van der Waals surface area contributed by atoms with E-state index in [9.17, 15) is 19.2 Å². The summed E-state index contributed by atoms with van der Waals surface area (Å²) >= 11 is 0. The maximum Gasteiger partial charge on any atom is 0.251 e. The number of nitrogens with one attached hydrogen (secondary N) is 1. The van der Waals surface area contributed by atoms with Gasteiger partial charge in [0.05, 0.1) is 32.5 Å². The van der Waals surface area contributed by atoms with Gasteiger partial charge < -0.3 is 14.8 Å². The van der Waals surface area contributed by atoms with Gasteiger partial charge in [-0.1, -0.05) is 77.9 Å². The van der Waals surface area contributed by atoms with E-state index in [1.807, 2.05) is 77.9 Å². The normalized spacial score (nSPS) is 10.7. The first-order valence-corrected chi connectivity index (χ1v) is 14.0. The molecule has 7 heteroatoms. The minimum absolute atomic E-state index is 0.0339. The fourth-order valence-corrected chi connectivity index (χ4v) is 3.30. The highest BCUT2D eigenvalue weighted by molar-refractivity contribution is 5.96. The Labute approximate surface area is 234 Å². The van der Waals surface area contributed by atoms with Gasteiger partial charge in [-0.15, -0.1) is 0 Å². The number of ketones is 3. The summed E-state index contributed by atoms with van der Waals surface area (Å²) in [7, 11) is 0. The van der Waals surface area contributed by atoms with Crippen molar-refractivity contribution in [3.05, 3.63) is 59.7 Å². The molecule has 1 unspecified atom stereocenters. The lowest BCUT2D eigenvalue weighted by Gasteiger charge is -2.19. The second-order valence-electron chi connectivity index (χ2n) is 8.35. The number of carbonyl (C=O) groups excluding carboxylic acids is 4. The van der Waals surface area contributed by atoms with Crippen molar-refractivity contribution in [3.63, 3.8) is 0 Å². The molecule has 0 aliphatic rings. The first-order valence-electron chi connectivity index (χ1n) is 14.0. The quantitative estimate of drug-likeness (QED) is 0.193. The molecule has 0 saturated heterocycles. The Hall–Kier alpha value is -3.16. The van der Waals surface area contributed by atoms with E-state index in [0.29, 0.717) is 36.8 Å². The molecule has 2 aromatic carbocycles. The highest BCUT2D eigenvalue weighted by Gasteiger charge is 2.15. The van der Waals surface area contributed by atoms with Crippen LogP contribution >= 0.6 is 0 Å². The Morgan fingerprint density at radius 1 is 0.692 bits per heavy atom. The molecule has 2 aromatic rings. The fourth-order valence-electron chi connectivity index (χ4n) is 3.30. The summed E-state index contributed by atoms with van der Waals surface area (Å²) in [6, 6.07) is 14.2. The number of ether oxygens (including phenoxy) is 2. The van der Waals surface area contributed by atoms with Gasteiger partial charge in [0.25, 0.3) is 5.91 Å². The largest absolute Gasteiger partial charge is 0.379 e. The van der Waals surface area contributed by atoms with Gasteiger partial charge in [-0.3, -0.25) is 19.2 Å². The lowest BCUT2D eigenvalue weighted by molar-refractivity contribution is -0.120. The fraction of sp³-hybridized carbons (Fsp3) is 0.500. The molecule has 0 aromatic heterocycles. The summed E-state index contributed by atoms with van der Waals surface area (Å²) in [5.41, 5.74) is 3.06. The Balaban J connectivity index is 0.00000344. The number of hydrogen-bond acceptors (Lipinski definition) is 6. The third-order valence-corrected chi connectivity index (χ3v) is 5.50. The molecule has 0 spiro atoms. The number of Topliss-reactive ketones (excluding diaryl/α,β-unsaturated/α-hetero) is 3. The zero-order valence-electron chi connectivity index (χ0n) is 24.8. The molecule has 0 aliphatic carbocycles. The third-order valence-electron chi connectivity index (χ3n) is 5.50. The lowest BCUT2D eigenvalue weighted by atomic mass is 10.0. The van der Waals surface area contributed by atoms with Crippen molar-refractivity contribution < 1.29 is 28.7 Å². The van der Waals surface area contributed by atoms with Crippen molar-refractivity contribution in [2.75, 3.05) is 26.4 Å². The number of benzene rings is 2. The van der Waals surface area contributed by atoms with Crippen LogP contribution < -0.4 is 5.32 Å². The smallest absolute Gasteiger partial charge is 0.251 e. The molecule has 0 aliphatic heterocycles. The summed E-state index contributed by atoms with van der Waals surface area (Å²) < 4.78 is 11.1. The molecule has 2 rings (SSSR count). The van der Waals surface area contributed by atoms with Crippen LogP contribution in [0.4, 0.5) is 0 Å². The topological polar surface area (TPSA) is 98.8 Å². The zero-order chi connectivity index (χ0) is 29.6. The highest BCUT2D eigenvalue weighted by Crippen LogP contribution is 2.21. The molecule has 0 radical (unpaired) electrons. The van der Waals surface area contributed by atoms with E-state index in [1.165, 1.54) is 6.92 Å². The number of amides is 1. The Bertz CT molecular complexity index is 983. The Morgan fingerprint density at radius 2 is 1.15 bits per heavy atom. The molecule has 7 nitrogen and oxygen atoms in total. The van der Waals surface area contributed by atoms with Crippen LogP contribution in [0.2, 0.25) is 0 Å². The lowest BCUT2D eigenvalue weighted by Crippen LogP contribution is -2.41. The van der Waals surface area contributed by atoms with Crippen molar-refractivity contribution >= 4 is 23.3 Å². The molecule has 216 valence electrons. The van der Waals surface area contributed by atoms with E-state index in [1.54, 1.807) is 12.1 Å². The number of rotatable bonds is 16. The van der Waals surface area contributed by atoms with Crippen LogP contribution in [0, 0.1) is 0 Å². The van der Waals surface area contributed by atoms with Crippen LogP contribution in [-0.2, 0) is 19.1 Å². The van der Waals surface area contributed by atoms with E-state index >= 15 is 0 Å². The van der Waals surface area contributed by atoms with Crippen LogP contribution in [0.25, 0.3) is 11.1 Å². The molecular formula is C32H47NO6. The average molecular weight is 542 g/mol. The van der Waals surface area contributed by atoms with Crippen molar-refractivity contribution in [1.29, 1.82) is 0 Å². The van der Waals surface area contributed by atoms with Crippen molar-refractivity contribution in [2.45, 2.75) is 80.2 Å². The zero-order valence-corrected chi connectivity index (χ0v) is 24.8. The molecule has 1 amide bonds. The standard InChI is InChI=1S/C28H35NO6.2C2H6/c1-4-26(31)15-17-35-19-25(18-34-16-14-20(3)30)29-28(33)24-12-8-22(9-13-24)21-6-10-23(11-7-21)27(32)5-2;2*1-2/h6-13,25H,4-5,14-19H2,1-3H3,(H,29,33);2*1-2H3. The summed E-state index contributed by atoms with van der Waals surface area (Å²) in [6.45, 7) is 14.1. The molecule has 1 N–H and O–H groups in total. The van der Waals surface area contributed by atoms with Gasteiger partial charge in [-0.05, 0) is 30.2 Å². The molecule has 39 heavy (non-hydrogen) atoms. The van der Waals surface area contributed by atoms with E-state index in [0.717, 1.165) is 11.1 Å². The van der Waals surface area contributed by atoms with Gasteiger partial charge in [0, 0.05) is 36.8 Å². The van der Waals surface area contributed by atoms with E-state index in [-0.39, 0.29) is 49.7 Å². The maximum atomic E-state index is 12.8. The summed E-state index contributed by atoms with van der Waals surface area (Å²) in [5.74, 6) is -0.0141. The second-order valence-corrected chi connectivity index (χ2v) is 8.35. The predicted octanol–water partition coefficient (Wildman–Crippen LogP) is 6.48. The van der Waals surface area contributed by atoms with Crippen LogP contribution in [0.3, 0.4) is 0 Å². The molecule has 0 bridgehead atoms. The summed E-state index contributed by atoms with van der Waals surface area (Å²) in [5, 5.41) is 2.91. The SMILES string of the molecule is CC.CC.CCC(=O)CCOCC(COCCC(C)=O)NC(=O)c1ccc(-c2ccc(C(=O)CC)cc2)cc1. The second kappa shape index (κ2) is 21.7. The van der Waals surface area contributed by atoms with Gasteiger partial charge in [0.2, 0.25) is 0 Å². The monoisotopic (exact) mass is 541 g/mol. The Morgan fingerprint density at radius 3 is 1.59 bits per heavy atom. The third kappa shape index (κ3) is 14.5. The molecule has 0 saturated carbocycles. The molecular weight excluding hydrogens is 494 g/mol. The van der Waals surface area contributed by atoms with E-state index in [2.05, 4.69) is 5.32 Å². The minimum atomic E-state index is -0.422. The van der Waals surface area contributed by atoms with Gasteiger partial charge in [-0.25, -0.2) is 0 Å². The van der Waals surface area contributed by atoms with Crippen molar-refractivity contribution in [2.24, 2.45) is 0 Å². The van der Waals surface area contributed by atoms with Gasteiger partial charge in [-0.2, -0.15) is 0 Å². The van der Waals surface area contributed by atoms with E-state index in [4.69, 9.17) is 9.47 Å². The van der Waals surface area contributed by atoms with Gasteiger partial charge in [0.1, 0.15) is 11.6 Å². The average Bonchev–Trinajstić information content (AvgIpc) is 2.98. The summed E-state index contributed by atoms with van der Waals surface area (Å²) in [4.78, 5) is 47.2. The number of carbonyl (C=O) groups is 4. The van der Waals surface area contributed by atoms with E-state index < -0.39 is 6.04 Å². The van der Waals surface area contributed by atoms with Crippen LogP contribution in [-0.4, -0.2) is 55.7 Å². The number of hydrogen-bond donors (Lipinski definition) is 1. The first-order chi connectivity index (χ1) is 18.8. The maximum absolute atomic E-state index is 12.8. The minimum Gasteiger partial charge on any atom is -0.379 e. The first kappa shape index (κ1) is 35.8. The van der Waals surface area contributed by atoms with Crippen molar-refractivity contribution in [3.8, 4) is 11.1 Å². The van der Waals surface area contributed by atoms with Crippen LogP contribution in [0.1, 0.15) is 94.9 Å². The molecule has 1 atom stereocenters. The van der Waals surface area contributed by atoms with Crippen molar-refractivity contribution in [1.82, 2.24) is 5.32 Å². The Kier molecular flexibility index (Phi) is 20.0. The molecule has 0 heterocycles. The van der Waals surface area contributed by atoms with Gasteiger partial charge >= 0.3 is 0 Å². The van der Waals surface area contributed by atoms with Gasteiger partial charge in [0.15, 0.2) is 5.78 Å². The van der Waals surface area contributed by atoms with Crippen LogP contribution in [0.15, 0.2) is 48.5 Å². The van der Waals surface area contributed by atoms with Crippen LogP contribution in [0.5, 0.6) is 0 Å².